The SMILES string of the molecule is CN(C)C(=O)C=Cc1ccccc1CN1O[C@@H]2[C@H]3OC(C4CC4)(C4CC4)O[C@H]3[C@H]3C[C@]2(C(=O)NCCC(=O)N[C@H](CO)CCC(=O)OC(C)(C)C)[C@@H]1C(=O)O3. The second-order valence-corrected chi connectivity index (χ2v) is 17.0. The van der Waals surface area contributed by atoms with E-state index in [1.807, 2.05) is 24.3 Å². The highest BCUT2D eigenvalue weighted by Crippen LogP contribution is 2.63. The van der Waals surface area contributed by atoms with Crippen LogP contribution in [0.15, 0.2) is 30.3 Å². The maximum Gasteiger partial charge on any atom is 0.327 e. The monoisotopic (exact) mass is 766 g/mol. The quantitative estimate of drug-likeness (QED) is 0.175. The van der Waals surface area contributed by atoms with Crippen LogP contribution in [0, 0.1) is 17.3 Å². The van der Waals surface area contributed by atoms with Gasteiger partial charge in [0.15, 0.2) is 11.8 Å². The number of nitrogens with one attached hydrogen (secondary N) is 2. The number of aliphatic hydroxyl groups is 1. The Morgan fingerprint density at radius 1 is 1.05 bits per heavy atom. The zero-order valence-electron chi connectivity index (χ0n) is 32.3. The summed E-state index contributed by atoms with van der Waals surface area (Å²) >= 11 is 0. The van der Waals surface area contributed by atoms with Gasteiger partial charge in [-0.3, -0.25) is 28.8 Å². The summed E-state index contributed by atoms with van der Waals surface area (Å²) in [6.07, 6.45) is 4.44. The number of aliphatic hydroxyl groups excluding tert-OH is 1. The predicted octanol–water partition coefficient (Wildman–Crippen LogP) is 1.99. The number of hydroxylamine groups is 2. The van der Waals surface area contributed by atoms with Crippen LogP contribution in [0.25, 0.3) is 6.08 Å². The fourth-order valence-electron chi connectivity index (χ4n) is 8.63. The highest BCUT2D eigenvalue weighted by atomic mass is 16.8. The summed E-state index contributed by atoms with van der Waals surface area (Å²) < 4.78 is 25.2. The standard InChI is InChI=1S/C40H54N4O11/c1-38(2,3)52-31(48)17-15-27(22-45)42-29(46)18-19-41-37(50)39-20-28-32-33(54-40(53-32,25-11-12-25)26-13-14-26)35(39)55-44(34(39)36(49)51-28)21-24-9-7-6-8-23(24)10-16-30(47)43(4)5/h6-10,16,25-28,32-35,45H,11-15,17-22H2,1-5H3,(H,41,50)(H,42,46)/t27-,28+,32-,33-,34-,35+,39-/m0/s1. The Balaban J connectivity index is 1.10. The van der Waals surface area contributed by atoms with Crippen molar-refractivity contribution in [2.24, 2.45) is 17.3 Å². The Hall–Kier alpha value is -3.89. The Labute approximate surface area is 321 Å². The Kier molecular flexibility index (Phi) is 10.9. The molecule has 0 radical (unpaired) electrons. The van der Waals surface area contributed by atoms with Crippen molar-refractivity contribution in [1.82, 2.24) is 20.6 Å². The van der Waals surface area contributed by atoms with E-state index in [-0.39, 0.29) is 63.1 Å². The van der Waals surface area contributed by atoms with Crippen molar-refractivity contribution >= 4 is 35.7 Å². The fourth-order valence-corrected chi connectivity index (χ4v) is 8.63. The van der Waals surface area contributed by atoms with E-state index in [9.17, 15) is 29.1 Å². The van der Waals surface area contributed by atoms with Crippen LogP contribution in [-0.2, 0) is 54.3 Å². The molecule has 0 unspecified atom stereocenters. The van der Waals surface area contributed by atoms with Crippen molar-refractivity contribution in [2.45, 2.75) is 127 Å². The number of hydrogen-bond donors (Lipinski definition) is 3. The maximum atomic E-state index is 14.6. The number of nitrogens with zero attached hydrogens (tertiary/aromatic N) is 2. The van der Waals surface area contributed by atoms with Gasteiger partial charge in [0.05, 0.1) is 19.2 Å². The minimum absolute atomic E-state index is 0.0181. The van der Waals surface area contributed by atoms with Gasteiger partial charge in [-0.2, -0.15) is 5.06 Å². The highest BCUT2D eigenvalue weighted by Gasteiger charge is 2.78. The number of rotatable bonds is 15. The molecule has 3 aliphatic carbocycles. The van der Waals surface area contributed by atoms with E-state index in [4.69, 9.17) is 23.8 Å². The van der Waals surface area contributed by atoms with Gasteiger partial charge < -0.3 is 39.6 Å². The third-order valence-corrected chi connectivity index (χ3v) is 11.5. The molecule has 2 bridgehead atoms. The molecule has 6 aliphatic rings. The number of likely N-dealkylation sites (N-methyl/N-ethyl adjacent to an activating group) is 1. The topological polar surface area (TPSA) is 182 Å². The van der Waals surface area contributed by atoms with Crippen LogP contribution >= 0.6 is 0 Å². The first-order chi connectivity index (χ1) is 26.1. The molecule has 15 nitrogen and oxygen atoms in total. The molecule has 3 saturated carbocycles. The minimum Gasteiger partial charge on any atom is -0.460 e. The van der Waals surface area contributed by atoms with E-state index in [2.05, 4.69) is 10.6 Å². The molecule has 6 fully saturated rings. The normalized spacial score (nSPS) is 30.0. The zero-order chi connectivity index (χ0) is 39.3. The molecule has 7 atom stereocenters. The van der Waals surface area contributed by atoms with Gasteiger partial charge in [-0.15, -0.1) is 0 Å². The lowest BCUT2D eigenvalue weighted by molar-refractivity contribution is -0.235. The molecule has 3 amide bonds. The number of amides is 3. The maximum absolute atomic E-state index is 14.6. The third-order valence-electron chi connectivity index (χ3n) is 11.5. The Bertz CT molecular complexity index is 1690. The van der Waals surface area contributed by atoms with E-state index in [1.54, 1.807) is 40.9 Å². The summed E-state index contributed by atoms with van der Waals surface area (Å²) in [4.78, 5) is 74.5. The summed E-state index contributed by atoms with van der Waals surface area (Å²) in [6.45, 7) is 4.98. The van der Waals surface area contributed by atoms with Crippen molar-refractivity contribution in [3.8, 4) is 0 Å². The van der Waals surface area contributed by atoms with Crippen LogP contribution in [0.2, 0.25) is 0 Å². The largest absolute Gasteiger partial charge is 0.460 e. The van der Waals surface area contributed by atoms with Crippen LogP contribution in [0.1, 0.15) is 83.3 Å². The summed E-state index contributed by atoms with van der Waals surface area (Å²) in [6, 6.07) is 5.65. The summed E-state index contributed by atoms with van der Waals surface area (Å²) in [7, 11) is 3.34. The lowest BCUT2D eigenvalue weighted by atomic mass is 9.62. The number of fused-ring (bicyclic) bond motifs is 4. The molecule has 0 spiro atoms. The highest BCUT2D eigenvalue weighted by molar-refractivity contribution is 5.94. The number of carbonyl (C=O) groups excluding carboxylic acids is 5. The summed E-state index contributed by atoms with van der Waals surface area (Å²) in [5.74, 6) is -2.43. The van der Waals surface area contributed by atoms with E-state index in [0.717, 1.165) is 36.8 Å². The smallest absolute Gasteiger partial charge is 0.327 e. The Morgan fingerprint density at radius 2 is 1.75 bits per heavy atom. The average molecular weight is 767 g/mol. The number of hydrogen-bond acceptors (Lipinski definition) is 12. The zero-order valence-corrected chi connectivity index (χ0v) is 32.3. The van der Waals surface area contributed by atoms with E-state index < -0.39 is 77.1 Å². The van der Waals surface area contributed by atoms with Gasteiger partial charge in [0, 0.05) is 57.8 Å². The van der Waals surface area contributed by atoms with Crippen LogP contribution in [0.4, 0.5) is 0 Å². The lowest BCUT2D eigenvalue weighted by Gasteiger charge is -2.48. The summed E-state index contributed by atoms with van der Waals surface area (Å²) in [5, 5.41) is 17.0. The first-order valence-electron chi connectivity index (χ1n) is 19.5. The van der Waals surface area contributed by atoms with Crippen LogP contribution in [0.5, 0.6) is 0 Å². The molecule has 0 aromatic heterocycles. The molecule has 3 saturated heterocycles. The molecule has 15 heteroatoms. The second-order valence-electron chi connectivity index (χ2n) is 17.0. The summed E-state index contributed by atoms with van der Waals surface area (Å²) in [5.41, 5.74) is -0.556. The predicted molar refractivity (Wildman–Crippen MR) is 195 cm³/mol. The molecule has 300 valence electrons. The van der Waals surface area contributed by atoms with Gasteiger partial charge in [0.1, 0.15) is 35.4 Å². The molecule has 1 aromatic carbocycles. The van der Waals surface area contributed by atoms with Crippen molar-refractivity contribution < 1.29 is 52.9 Å². The van der Waals surface area contributed by atoms with Gasteiger partial charge in [0.25, 0.3) is 0 Å². The van der Waals surface area contributed by atoms with E-state index in [0.29, 0.717) is 0 Å². The van der Waals surface area contributed by atoms with Gasteiger partial charge in [-0.05, 0) is 70.1 Å². The van der Waals surface area contributed by atoms with E-state index >= 15 is 0 Å². The number of carbonyl (C=O) groups is 5. The molecule has 3 heterocycles. The minimum atomic E-state index is -1.42. The first kappa shape index (κ1) is 39.3. The second kappa shape index (κ2) is 15.2. The molecule has 55 heavy (non-hydrogen) atoms. The molecule has 7 rings (SSSR count). The van der Waals surface area contributed by atoms with Gasteiger partial charge >= 0.3 is 11.9 Å². The Morgan fingerprint density at radius 3 is 2.40 bits per heavy atom. The van der Waals surface area contributed by atoms with Crippen LogP contribution < -0.4 is 10.6 Å². The van der Waals surface area contributed by atoms with Gasteiger partial charge in [0.2, 0.25) is 17.7 Å². The first-order valence-corrected chi connectivity index (χ1v) is 19.5. The van der Waals surface area contributed by atoms with Crippen LogP contribution in [-0.4, -0.2) is 120 Å². The molecule has 3 aliphatic heterocycles. The van der Waals surface area contributed by atoms with Crippen molar-refractivity contribution in [2.75, 3.05) is 27.2 Å². The number of benzene rings is 1. The molecule has 1 aromatic rings. The molecular weight excluding hydrogens is 712 g/mol. The number of ether oxygens (including phenoxy) is 4. The van der Waals surface area contributed by atoms with E-state index in [1.165, 1.54) is 16.0 Å². The van der Waals surface area contributed by atoms with Gasteiger partial charge in [-0.25, -0.2) is 0 Å². The van der Waals surface area contributed by atoms with Crippen LogP contribution in [0.3, 0.4) is 0 Å². The fraction of sp³-hybridized carbons (Fsp3) is 0.675. The number of esters is 2. The lowest BCUT2D eigenvalue weighted by Crippen LogP contribution is -2.69. The third kappa shape index (κ3) is 7.91. The molecular formula is C40H54N4O11. The van der Waals surface area contributed by atoms with Crippen molar-refractivity contribution in [3.05, 3.63) is 41.5 Å². The molecule has 3 N–H and O–H groups in total. The van der Waals surface area contributed by atoms with Crippen molar-refractivity contribution in [1.29, 1.82) is 0 Å². The average Bonchev–Trinajstić information content (AvgIpc) is 4.08. The van der Waals surface area contributed by atoms with Gasteiger partial charge in [-0.1, -0.05) is 24.3 Å². The van der Waals surface area contributed by atoms with Crippen molar-refractivity contribution in [3.63, 3.8) is 0 Å².